The number of likely N-dealkylation sites (tertiary alicyclic amines) is 1. The molecular formula is C22H29N5O2. The van der Waals surface area contributed by atoms with Gasteiger partial charge in [-0.2, -0.15) is 0 Å². The molecule has 1 aromatic carbocycles. The normalized spacial score (nSPS) is 20.1. The van der Waals surface area contributed by atoms with E-state index in [0.717, 1.165) is 55.1 Å². The Kier molecular flexibility index (Phi) is 5.67. The monoisotopic (exact) mass is 395 g/mol. The number of aromatic nitrogens is 2. The number of nitrogens with one attached hydrogen (secondary N) is 1. The average molecular weight is 396 g/mol. The second-order valence-electron chi connectivity index (χ2n) is 8.04. The highest BCUT2D eigenvalue weighted by Gasteiger charge is 2.31. The number of nitrogens with zero attached hydrogens (tertiary/aromatic N) is 4. The molecule has 7 nitrogen and oxygen atoms in total. The van der Waals surface area contributed by atoms with E-state index in [2.05, 4.69) is 26.8 Å². The zero-order valence-electron chi connectivity index (χ0n) is 17.2. The van der Waals surface area contributed by atoms with Gasteiger partial charge in [0.2, 0.25) is 11.8 Å². The number of hydrogen-bond donors (Lipinski definition) is 1. The van der Waals surface area contributed by atoms with Gasteiger partial charge in [0, 0.05) is 44.2 Å². The Bertz CT molecular complexity index is 906. The maximum absolute atomic E-state index is 13.1. The van der Waals surface area contributed by atoms with Gasteiger partial charge >= 0.3 is 0 Å². The summed E-state index contributed by atoms with van der Waals surface area (Å²) in [6.45, 7) is 4.65. The molecule has 0 unspecified atom stereocenters. The van der Waals surface area contributed by atoms with Crippen LogP contribution in [-0.4, -0.2) is 63.9 Å². The largest absolute Gasteiger partial charge is 0.339 e. The van der Waals surface area contributed by atoms with E-state index < -0.39 is 0 Å². The summed E-state index contributed by atoms with van der Waals surface area (Å²) in [4.78, 5) is 33.3. The molecule has 1 saturated heterocycles. The average Bonchev–Trinajstić information content (AvgIpc) is 2.99. The predicted molar refractivity (Wildman–Crippen MR) is 113 cm³/mol. The van der Waals surface area contributed by atoms with E-state index in [4.69, 9.17) is 0 Å². The molecule has 1 aromatic heterocycles. The SMILES string of the molecule is CC(=O)Nc1cccc(-c2cnc3n2CCN(C(=O)[C@H]2CCCCN2C)CC3)c1. The number of likely N-dealkylation sites (N-methyl/N-ethyl adjacent to an activating group) is 1. The molecule has 2 aromatic rings. The molecule has 2 aliphatic heterocycles. The third-order valence-corrected chi connectivity index (χ3v) is 5.98. The first-order valence-electron chi connectivity index (χ1n) is 10.4. The zero-order chi connectivity index (χ0) is 20.4. The molecule has 7 heteroatoms. The van der Waals surface area contributed by atoms with Crippen molar-refractivity contribution in [2.45, 2.75) is 45.2 Å². The number of hydrogen-bond acceptors (Lipinski definition) is 4. The molecule has 0 spiro atoms. The molecule has 1 atom stereocenters. The van der Waals surface area contributed by atoms with E-state index in [-0.39, 0.29) is 17.9 Å². The van der Waals surface area contributed by atoms with Crippen molar-refractivity contribution < 1.29 is 9.59 Å². The van der Waals surface area contributed by atoms with Gasteiger partial charge in [-0.1, -0.05) is 18.6 Å². The van der Waals surface area contributed by atoms with E-state index in [9.17, 15) is 9.59 Å². The third-order valence-electron chi connectivity index (χ3n) is 5.98. The minimum atomic E-state index is -0.0869. The van der Waals surface area contributed by atoms with Gasteiger partial charge in [-0.15, -0.1) is 0 Å². The fourth-order valence-electron chi connectivity index (χ4n) is 4.44. The van der Waals surface area contributed by atoms with Crippen LogP contribution < -0.4 is 5.32 Å². The van der Waals surface area contributed by atoms with Crippen molar-refractivity contribution in [1.82, 2.24) is 19.4 Å². The van der Waals surface area contributed by atoms with E-state index in [1.165, 1.54) is 13.3 Å². The molecule has 3 heterocycles. The number of fused-ring (bicyclic) bond motifs is 1. The Morgan fingerprint density at radius 2 is 2.00 bits per heavy atom. The van der Waals surface area contributed by atoms with Gasteiger partial charge in [0.15, 0.2) is 0 Å². The number of carbonyl (C=O) groups is 2. The second-order valence-corrected chi connectivity index (χ2v) is 8.04. The summed E-state index contributed by atoms with van der Waals surface area (Å²) in [6.07, 6.45) is 5.92. The summed E-state index contributed by atoms with van der Waals surface area (Å²) in [5.41, 5.74) is 2.81. The van der Waals surface area contributed by atoms with Crippen molar-refractivity contribution in [2.24, 2.45) is 0 Å². The Morgan fingerprint density at radius 1 is 1.14 bits per heavy atom. The lowest BCUT2D eigenvalue weighted by Gasteiger charge is -2.35. The van der Waals surface area contributed by atoms with E-state index >= 15 is 0 Å². The van der Waals surface area contributed by atoms with Crippen LogP contribution in [0.15, 0.2) is 30.5 Å². The van der Waals surface area contributed by atoms with E-state index in [1.807, 2.05) is 35.4 Å². The highest BCUT2D eigenvalue weighted by molar-refractivity contribution is 5.89. The number of rotatable bonds is 3. The fourth-order valence-corrected chi connectivity index (χ4v) is 4.44. The van der Waals surface area contributed by atoms with Gasteiger partial charge < -0.3 is 14.8 Å². The number of benzene rings is 1. The summed E-state index contributed by atoms with van der Waals surface area (Å²) < 4.78 is 2.21. The van der Waals surface area contributed by atoms with Crippen molar-refractivity contribution >= 4 is 17.5 Å². The molecule has 0 bridgehead atoms. The summed E-state index contributed by atoms with van der Waals surface area (Å²) in [7, 11) is 2.06. The number of anilines is 1. The maximum atomic E-state index is 13.1. The topological polar surface area (TPSA) is 70.5 Å². The number of carbonyl (C=O) groups excluding carboxylic acids is 2. The van der Waals surface area contributed by atoms with Crippen LogP contribution >= 0.6 is 0 Å². The highest BCUT2D eigenvalue weighted by Crippen LogP contribution is 2.26. The van der Waals surface area contributed by atoms with Gasteiger partial charge in [-0.05, 0) is 38.6 Å². The van der Waals surface area contributed by atoms with E-state index in [0.29, 0.717) is 13.1 Å². The molecule has 0 saturated carbocycles. The van der Waals surface area contributed by atoms with Crippen LogP contribution in [0.5, 0.6) is 0 Å². The Balaban J connectivity index is 1.51. The Morgan fingerprint density at radius 3 is 2.79 bits per heavy atom. The van der Waals surface area contributed by atoms with Crippen molar-refractivity contribution in [3.05, 3.63) is 36.3 Å². The molecule has 154 valence electrons. The van der Waals surface area contributed by atoms with Crippen molar-refractivity contribution in [2.75, 3.05) is 32.0 Å². The van der Waals surface area contributed by atoms with Crippen molar-refractivity contribution in [1.29, 1.82) is 0 Å². The number of amides is 2. The van der Waals surface area contributed by atoms with Crippen molar-refractivity contribution in [3.63, 3.8) is 0 Å². The van der Waals surface area contributed by atoms with Crippen LogP contribution in [0, 0.1) is 0 Å². The van der Waals surface area contributed by atoms with Gasteiger partial charge in [0.1, 0.15) is 5.82 Å². The number of piperidine rings is 1. The van der Waals surface area contributed by atoms with Gasteiger partial charge in [0.05, 0.1) is 17.9 Å². The smallest absolute Gasteiger partial charge is 0.239 e. The lowest BCUT2D eigenvalue weighted by Crippen LogP contribution is -2.50. The quantitative estimate of drug-likeness (QED) is 0.866. The molecule has 0 aliphatic carbocycles. The number of imidazole rings is 1. The minimum Gasteiger partial charge on any atom is -0.339 e. The van der Waals surface area contributed by atoms with Crippen LogP contribution in [-0.2, 0) is 22.6 Å². The Hall–Kier alpha value is -2.67. The van der Waals surface area contributed by atoms with Crippen LogP contribution in [0.4, 0.5) is 5.69 Å². The molecule has 4 rings (SSSR count). The third kappa shape index (κ3) is 4.19. The standard InChI is InChI=1S/C22H29N5O2/c1-16(28)24-18-7-5-6-17(14-18)20-15-23-21-9-11-26(12-13-27(20)21)22(29)19-8-3-4-10-25(19)2/h5-7,14-15,19H,3-4,8-13H2,1-2H3,(H,24,28)/t19-/m1/s1. The summed E-state index contributed by atoms with van der Waals surface area (Å²) in [5.74, 6) is 1.18. The van der Waals surface area contributed by atoms with E-state index in [1.54, 1.807) is 0 Å². The zero-order valence-corrected chi connectivity index (χ0v) is 17.2. The van der Waals surface area contributed by atoms with Gasteiger partial charge in [-0.3, -0.25) is 14.5 Å². The first-order chi connectivity index (χ1) is 14.0. The van der Waals surface area contributed by atoms with Crippen molar-refractivity contribution in [3.8, 4) is 11.3 Å². The highest BCUT2D eigenvalue weighted by atomic mass is 16.2. The Labute approximate surface area is 171 Å². The second kappa shape index (κ2) is 8.37. The molecule has 2 amide bonds. The summed E-state index contributed by atoms with van der Waals surface area (Å²) in [5, 5.41) is 2.84. The molecular weight excluding hydrogens is 366 g/mol. The van der Waals surface area contributed by atoms with Gasteiger partial charge in [-0.25, -0.2) is 4.98 Å². The molecule has 1 N–H and O–H groups in total. The fraction of sp³-hybridized carbons (Fsp3) is 0.500. The minimum absolute atomic E-state index is 0.0166. The molecule has 2 aliphatic rings. The first-order valence-corrected chi connectivity index (χ1v) is 10.4. The molecule has 0 radical (unpaired) electrons. The summed E-state index contributed by atoms with van der Waals surface area (Å²) in [6, 6.07) is 7.83. The van der Waals surface area contributed by atoms with Crippen LogP contribution in [0.2, 0.25) is 0 Å². The lowest BCUT2D eigenvalue weighted by atomic mass is 10.0. The maximum Gasteiger partial charge on any atom is 0.239 e. The lowest BCUT2D eigenvalue weighted by molar-refractivity contribution is -0.137. The first kappa shape index (κ1) is 19.6. The van der Waals surface area contributed by atoms with Crippen LogP contribution in [0.3, 0.4) is 0 Å². The molecule has 29 heavy (non-hydrogen) atoms. The molecule has 1 fully saturated rings. The van der Waals surface area contributed by atoms with Crippen LogP contribution in [0.1, 0.15) is 32.0 Å². The van der Waals surface area contributed by atoms with Gasteiger partial charge in [0.25, 0.3) is 0 Å². The van der Waals surface area contributed by atoms with Crippen LogP contribution in [0.25, 0.3) is 11.3 Å². The summed E-state index contributed by atoms with van der Waals surface area (Å²) >= 11 is 0. The predicted octanol–water partition coefficient (Wildman–Crippen LogP) is 2.38.